The fraction of sp³-hybridized carbons (Fsp3) is 0.684. The van der Waals surface area contributed by atoms with E-state index in [4.69, 9.17) is 9.47 Å². The van der Waals surface area contributed by atoms with E-state index in [1.54, 1.807) is 8.61 Å². The molecule has 26 heavy (non-hydrogen) atoms. The van der Waals surface area contributed by atoms with E-state index in [-0.39, 0.29) is 6.10 Å². The first-order valence-electron chi connectivity index (χ1n) is 9.53. The van der Waals surface area contributed by atoms with Crippen molar-refractivity contribution in [1.29, 1.82) is 0 Å². The molecule has 0 amide bonds. The molecule has 0 N–H and O–H groups in total. The Morgan fingerprint density at radius 3 is 2.46 bits per heavy atom. The molecular formula is C19H30N2O4S. The molecule has 3 atom stereocenters. The Morgan fingerprint density at radius 1 is 1.15 bits per heavy atom. The Kier molecular flexibility index (Phi) is 6.10. The lowest BCUT2D eigenvalue weighted by Gasteiger charge is -2.38. The SMILES string of the molecule is CCCN(CC1COc2ccccc2O1)S(=O)(=O)N1CC(C)CC(C)C1. The molecule has 1 fully saturated rings. The van der Waals surface area contributed by atoms with E-state index in [1.165, 1.54) is 0 Å². The van der Waals surface area contributed by atoms with Crippen molar-refractivity contribution in [2.75, 3.05) is 32.8 Å². The zero-order valence-electron chi connectivity index (χ0n) is 15.9. The van der Waals surface area contributed by atoms with Crippen molar-refractivity contribution in [3.63, 3.8) is 0 Å². The number of ether oxygens (including phenoxy) is 2. The monoisotopic (exact) mass is 382 g/mol. The van der Waals surface area contributed by atoms with Gasteiger partial charge in [0.25, 0.3) is 10.2 Å². The molecule has 0 spiro atoms. The first-order valence-corrected chi connectivity index (χ1v) is 10.9. The molecule has 1 aromatic carbocycles. The summed E-state index contributed by atoms with van der Waals surface area (Å²) in [7, 11) is -3.50. The molecule has 0 radical (unpaired) electrons. The Bertz CT molecular complexity index is 699. The number of hydrogen-bond donors (Lipinski definition) is 0. The van der Waals surface area contributed by atoms with Crippen LogP contribution in [0.25, 0.3) is 0 Å². The predicted molar refractivity (Wildman–Crippen MR) is 102 cm³/mol. The molecule has 0 saturated carbocycles. The topological polar surface area (TPSA) is 59.1 Å². The molecule has 2 aliphatic rings. The maximum atomic E-state index is 13.2. The minimum absolute atomic E-state index is 0.300. The van der Waals surface area contributed by atoms with Gasteiger partial charge in [0.05, 0.1) is 6.54 Å². The molecular weight excluding hydrogens is 352 g/mol. The largest absolute Gasteiger partial charge is 0.486 e. The van der Waals surface area contributed by atoms with Crippen LogP contribution in [0.3, 0.4) is 0 Å². The molecule has 146 valence electrons. The lowest BCUT2D eigenvalue weighted by atomic mass is 9.94. The molecule has 2 aliphatic heterocycles. The number of benzene rings is 1. The van der Waals surface area contributed by atoms with Crippen LogP contribution in [0.1, 0.15) is 33.6 Å². The van der Waals surface area contributed by atoms with Gasteiger partial charge in [-0.1, -0.05) is 32.9 Å². The van der Waals surface area contributed by atoms with Crippen LogP contribution in [0.5, 0.6) is 11.5 Å². The van der Waals surface area contributed by atoms with E-state index in [1.807, 2.05) is 31.2 Å². The number of fused-ring (bicyclic) bond motifs is 1. The average Bonchev–Trinajstić information content (AvgIpc) is 2.60. The Balaban J connectivity index is 1.72. The van der Waals surface area contributed by atoms with Gasteiger partial charge in [0.2, 0.25) is 0 Å². The highest BCUT2D eigenvalue weighted by Crippen LogP contribution is 2.31. The third-order valence-electron chi connectivity index (χ3n) is 4.94. The van der Waals surface area contributed by atoms with Gasteiger partial charge in [0, 0.05) is 19.6 Å². The minimum atomic E-state index is -3.50. The summed E-state index contributed by atoms with van der Waals surface area (Å²) >= 11 is 0. The molecule has 3 rings (SSSR count). The summed E-state index contributed by atoms with van der Waals surface area (Å²) in [6, 6.07) is 7.51. The minimum Gasteiger partial charge on any atom is -0.486 e. The molecule has 1 saturated heterocycles. The van der Waals surface area contributed by atoms with Crippen molar-refractivity contribution in [2.45, 2.75) is 39.7 Å². The fourth-order valence-corrected chi connectivity index (χ4v) is 5.87. The van der Waals surface area contributed by atoms with Gasteiger partial charge in [-0.05, 0) is 36.8 Å². The molecule has 7 heteroatoms. The van der Waals surface area contributed by atoms with Gasteiger partial charge in [-0.15, -0.1) is 0 Å². The number of para-hydroxylation sites is 2. The summed E-state index contributed by atoms with van der Waals surface area (Å²) in [6.07, 6.45) is 1.55. The van der Waals surface area contributed by atoms with Crippen molar-refractivity contribution in [1.82, 2.24) is 8.61 Å². The maximum Gasteiger partial charge on any atom is 0.282 e. The van der Waals surface area contributed by atoms with Crippen LogP contribution in [0.2, 0.25) is 0 Å². The van der Waals surface area contributed by atoms with Crippen molar-refractivity contribution in [2.24, 2.45) is 11.8 Å². The average molecular weight is 383 g/mol. The first kappa shape index (κ1) is 19.5. The third-order valence-corrected chi connectivity index (χ3v) is 6.87. The highest BCUT2D eigenvalue weighted by Gasteiger charge is 2.36. The van der Waals surface area contributed by atoms with Crippen molar-refractivity contribution >= 4 is 10.2 Å². The van der Waals surface area contributed by atoms with Gasteiger partial charge in [-0.3, -0.25) is 0 Å². The van der Waals surface area contributed by atoms with E-state index >= 15 is 0 Å². The number of nitrogens with zero attached hydrogens (tertiary/aromatic N) is 2. The Morgan fingerprint density at radius 2 is 1.81 bits per heavy atom. The predicted octanol–water partition coefficient (Wildman–Crippen LogP) is 2.76. The van der Waals surface area contributed by atoms with Crippen molar-refractivity contribution < 1.29 is 17.9 Å². The Hall–Kier alpha value is -1.31. The van der Waals surface area contributed by atoms with Crippen LogP contribution in [0, 0.1) is 11.8 Å². The fourth-order valence-electron chi connectivity index (χ4n) is 3.89. The molecule has 3 unspecified atom stereocenters. The standard InChI is InChI=1S/C19H30N2O4S/c1-4-9-20(26(22,23)21-11-15(2)10-16(3)12-21)13-17-14-24-18-7-5-6-8-19(18)25-17/h5-8,15-17H,4,9-14H2,1-3H3. The van der Waals surface area contributed by atoms with Crippen LogP contribution in [-0.2, 0) is 10.2 Å². The van der Waals surface area contributed by atoms with Crippen LogP contribution >= 0.6 is 0 Å². The third kappa shape index (κ3) is 4.32. The highest BCUT2D eigenvalue weighted by atomic mass is 32.2. The second-order valence-corrected chi connectivity index (χ2v) is 9.55. The van der Waals surface area contributed by atoms with E-state index < -0.39 is 10.2 Å². The molecule has 1 aromatic rings. The number of rotatable bonds is 6. The van der Waals surface area contributed by atoms with Gasteiger partial charge in [0.15, 0.2) is 11.5 Å². The van der Waals surface area contributed by atoms with Crippen LogP contribution in [0.4, 0.5) is 0 Å². The molecule has 0 aromatic heterocycles. The number of piperidine rings is 1. The van der Waals surface area contributed by atoms with Crippen LogP contribution in [-0.4, -0.2) is 55.9 Å². The van der Waals surface area contributed by atoms with Gasteiger partial charge in [-0.2, -0.15) is 17.0 Å². The molecule has 0 bridgehead atoms. The smallest absolute Gasteiger partial charge is 0.282 e. The van der Waals surface area contributed by atoms with Crippen LogP contribution < -0.4 is 9.47 Å². The summed E-state index contributed by atoms with van der Waals surface area (Å²) in [5.41, 5.74) is 0. The normalized spacial score (nSPS) is 26.8. The zero-order chi connectivity index (χ0) is 18.7. The molecule has 2 heterocycles. The zero-order valence-corrected chi connectivity index (χ0v) is 16.7. The summed E-state index contributed by atoms with van der Waals surface area (Å²) in [5, 5.41) is 0. The van der Waals surface area contributed by atoms with Crippen molar-refractivity contribution in [3.8, 4) is 11.5 Å². The first-order chi connectivity index (χ1) is 12.4. The Labute approximate surface area is 157 Å². The van der Waals surface area contributed by atoms with Crippen molar-refractivity contribution in [3.05, 3.63) is 24.3 Å². The number of hydrogen-bond acceptors (Lipinski definition) is 4. The molecule has 0 aliphatic carbocycles. The summed E-state index contributed by atoms with van der Waals surface area (Å²) in [5.74, 6) is 2.17. The van der Waals surface area contributed by atoms with E-state index in [0.29, 0.717) is 56.1 Å². The maximum absolute atomic E-state index is 13.2. The quantitative estimate of drug-likeness (QED) is 0.759. The lowest BCUT2D eigenvalue weighted by molar-refractivity contribution is 0.0742. The van der Waals surface area contributed by atoms with Gasteiger partial charge in [-0.25, -0.2) is 0 Å². The molecule has 6 nitrogen and oxygen atoms in total. The summed E-state index contributed by atoms with van der Waals surface area (Å²) in [4.78, 5) is 0. The van der Waals surface area contributed by atoms with E-state index in [2.05, 4.69) is 13.8 Å². The van der Waals surface area contributed by atoms with Gasteiger partial charge in [0.1, 0.15) is 12.7 Å². The lowest BCUT2D eigenvalue weighted by Crippen LogP contribution is -2.52. The second-order valence-electron chi connectivity index (χ2n) is 7.63. The summed E-state index contributed by atoms with van der Waals surface area (Å²) in [6.45, 7) is 8.59. The van der Waals surface area contributed by atoms with Crippen LogP contribution in [0.15, 0.2) is 24.3 Å². The van der Waals surface area contributed by atoms with E-state index in [9.17, 15) is 8.42 Å². The van der Waals surface area contributed by atoms with E-state index in [0.717, 1.165) is 12.8 Å². The van der Waals surface area contributed by atoms with Gasteiger partial charge < -0.3 is 9.47 Å². The second kappa shape index (κ2) is 8.15. The van der Waals surface area contributed by atoms with Gasteiger partial charge >= 0.3 is 0 Å². The summed E-state index contributed by atoms with van der Waals surface area (Å²) < 4.78 is 41.4. The highest BCUT2D eigenvalue weighted by molar-refractivity contribution is 7.86.